The fraction of sp³-hybridized carbons (Fsp3) is 0.400. The number of hydrogen-bond donors (Lipinski definition) is 1. The normalized spacial score (nSPS) is 12.7. The van der Waals surface area contributed by atoms with Gasteiger partial charge >= 0.3 is 0 Å². The van der Waals surface area contributed by atoms with Gasteiger partial charge in [-0.15, -0.1) is 0 Å². The third-order valence-electron chi connectivity index (χ3n) is 3.47. The van der Waals surface area contributed by atoms with Crippen LogP contribution in [0.4, 0.5) is 0 Å². The fourth-order valence-corrected chi connectivity index (χ4v) is 2.16. The largest absolute Gasteiger partial charge is 0.310 e. The molecular weight excluding hydrogens is 222 g/mol. The number of aromatic nitrogens is 2. The van der Waals surface area contributed by atoms with Crippen molar-refractivity contribution in [3.05, 3.63) is 41.7 Å². The van der Waals surface area contributed by atoms with Crippen molar-refractivity contribution in [2.75, 3.05) is 6.54 Å². The molecule has 1 N–H and O–H groups in total. The lowest BCUT2D eigenvalue weighted by molar-refractivity contribution is 0.598. The molecule has 96 valence electrons. The van der Waals surface area contributed by atoms with Crippen LogP contribution in [0.25, 0.3) is 11.1 Å². The number of aryl methyl sites for hydroxylation is 1. The highest BCUT2D eigenvalue weighted by atomic mass is 15.3. The molecule has 0 radical (unpaired) electrons. The molecule has 2 aromatic rings. The van der Waals surface area contributed by atoms with Crippen LogP contribution in [-0.4, -0.2) is 16.3 Å². The van der Waals surface area contributed by atoms with Gasteiger partial charge in [-0.1, -0.05) is 31.2 Å². The zero-order valence-electron chi connectivity index (χ0n) is 11.6. The molecule has 2 rings (SSSR count). The number of benzene rings is 1. The Balaban J connectivity index is 2.25. The van der Waals surface area contributed by atoms with Crippen molar-refractivity contribution in [2.45, 2.75) is 26.8 Å². The van der Waals surface area contributed by atoms with Gasteiger partial charge in [-0.25, -0.2) is 0 Å². The Morgan fingerprint density at radius 2 is 1.94 bits per heavy atom. The van der Waals surface area contributed by atoms with Crippen molar-refractivity contribution in [1.82, 2.24) is 15.1 Å². The Morgan fingerprint density at radius 3 is 2.44 bits per heavy atom. The average Bonchev–Trinajstić information content (AvgIpc) is 2.71. The molecule has 1 aromatic heterocycles. The highest BCUT2D eigenvalue weighted by molar-refractivity contribution is 5.65. The van der Waals surface area contributed by atoms with Gasteiger partial charge in [0.15, 0.2) is 0 Å². The summed E-state index contributed by atoms with van der Waals surface area (Å²) in [6, 6.07) is 9.13. The number of nitrogens with zero attached hydrogens (tertiary/aromatic N) is 2. The van der Waals surface area contributed by atoms with Gasteiger partial charge < -0.3 is 5.32 Å². The molecule has 3 heteroatoms. The molecule has 1 atom stereocenters. The second kappa shape index (κ2) is 5.36. The van der Waals surface area contributed by atoms with Gasteiger partial charge in [-0.2, -0.15) is 5.10 Å². The molecule has 0 amide bonds. The van der Waals surface area contributed by atoms with Crippen LogP contribution in [0.2, 0.25) is 0 Å². The van der Waals surface area contributed by atoms with E-state index in [0.29, 0.717) is 6.04 Å². The number of nitrogens with one attached hydrogen (secondary N) is 1. The highest BCUT2D eigenvalue weighted by Crippen LogP contribution is 2.24. The summed E-state index contributed by atoms with van der Waals surface area (Å²) in [7, 11) is 1.97. The maximum atomic E-state index is 4.28. The van der Waals surface area contributed by atoms with Gasteiger partial charge in [0.25, 0.3) is 0 Å². The smallest absolute Gasteiger partial charge is 0.0571 e. The summed E-state index contributed by atoms with van der Waals surface area (Å²) in [4.78, 5) is 0. The highest BCUT2D eigenvalue weighted by Gasteiger charge is 2.08. The Bertz CT molecular complexity index is 511. The summed E-state index contributed by atoms with van der Waals surface area (Å²) in [5, 5.41) is 7.70. The van der Waals surface area contributed by atoms with E-state index in [2.05, 4.69) is 55.5 Å². The van der Waals surface area contributed by atoms with Gasteiger partial charge in [-0.05, 0) is 31.5 Å². The minimum absolute atomic E-state index is 0.402. The SMILES string of the molecule is CCNC(C)c1ccc(-c2cnn(C)c2C)cc1. The molecule has 18 heavy (non-hydrogen) atoms. The topological polar surface area (TPSA) is 29.9 Å². The molecular formula is C15H21N3. The number of hydrogen-bond acceptors (Lipinski definition) is 2. The second-order valence-electron chi connectivity index (χ2n) is 4.67. The van der Waals surface area contributed by atoms with E-state index in [9.17, 15) is 0 Å². The first kappa shape index (κ1) is 12.8. The summed E-state index contributed by atoms with van der Waals surface area (Å²) < 4.78 is 1.91. The van der Waals surface area contributed by atoms with Crippen molar-refractivity contribution in [1.29, 1.82) is 0 Å². The average molecular weight is 243 g/mol. The molecule has 0 aliphatic rings. The third-order valence-corrected chi connectivity index (χ3v) is 3.47. The van der Waals surface area contributed by atoms with Crippen molar-refractivity contribution in [3.63, 3.8) is 0 Å². The van der Waals surface area contributed by atoms with Crippen LogP contribution in [0.1, 0.15) is 31.1 Å². The lowest BCUT2D eigenvalue weighted by Crippen LogP contribution is -2.17. The summed E-state index contributed by atoms with van der Waals surface area (Å²) >= 11 is 0. The first-order chi connectivity index (χ1) is 8.63. The molecule has 0 fully saturated rings. The van der Waals surface area contributed by atoms with Gasteiger partial charge in [0.2, 0.25) is 0 Å². The summed E-state index contributed by atoms with van der Waals surface area (Å²) in [5.74, 6) is 0. The maximum absolute atomic E-state index is 4.28. The van der Waals surface area contributed by atoms with Crippen molar-refractivity contribution in [3.8, 4) is 11.1 Å². The van der Waals surface area contributed by atoms with Crippen molar-refractivity contribution < 1.29 is 0 Å². The Labute approximate surface area is 109 Å². The molecule has 0 aliphatic carbocycles. The van der Waals surface area contributed by atoms with E-state index in [1.165, 1.54) is 22.4 Å². The van der Waals surface area contributed by atoms with Crippen LogP contribution in [0.5, 0.6) is 0 Å². The minimum atomic E-state index is 0.402. The van der Waals surface area contributed by atoms with E-state index in [0.717, 1.165) is 6.54 Å². The molecule has 0 aliphatic heterocycles. The number of rotatable bonds is 4. The minimum Gasteiger partial charge on any atom is -0.310 e. The van der Waals surface area contributed by atoms with Gasteiger partial charge in [0, 0.05) is 24.3 Å². The maximum Gasteiger partial charge on any atom is 0.0571 e. The van der Waals surface area contributed by atoms with Gasteiger partial charge in [-0.3, -0.25) is 4.68 Å². The van der Waals surface area contributed by atoms with Crippen LogP contribution in [0.3, 0.4) is 0 Å². The van der Waals surface area contributed by atoms with Gasteiger partial charge in [0.05, 0.1) is 6.20 Å². The summed E-state index contributed by atoms with van der Waals surface area (Å²) in [6.07, 6.45) is 1.93. The van der Waals surface area contributed by atoms with Gasteiger partial charge in [0.1, 0.15) is 0 Å². The molecule has 0 saturated heterocycles. The lowest BCUT2D eigenvalue weighted by Gasteiger charge is -2.13. The second-order valence-corrected chi connectivity index (χ2v) is 4.67. The zero-order valence-corrected chi connectivity index (χ0v) is 11.6. The van der Waals surface area contributed by atoms with E-state index >= 15 is 0 Å². The third kappa shape index (κ3) is 2.46. The van der Waals surface area contributed by atoms with Crippen LogP contribution >= 0.6 is 0 Å². The van der Waals surface area contributed by atoms with E-state index in [-0.39, 0.29) is 0 Å². The van der Waals surface area contributed by atoms with E-state index in [1.54, 1.807) is 0 Å². The first-order valence-electron chi connectivity index (χ1n) is 6.45. The predicted molar refractivity (Wildman–Crippen MR) is 75.5 cm³/mol. The van der Waals surface area contributed by atoms with E-state index in [4.69, 9.17) is 0 Å². The first-order valence-corrected chi connectivity index (χ1v) is 6.45. The zero-order chi connectivity index (χ0) is 13.1. The monoisotopic (exact) mass is 243 g/mol. The van der Waals surface area contributed by atoms with Crippen LogP contribution < -0.4 is 5.32 Å². The standard InChI is InChI=1S/C15H21N3/c1-5-16-11(2)13-6-8-14(9-7-13)15-10-17-18(4)12(15)3/h6-11,16H,5H2,1-4H3. The summed E-state index contributed by atoms with van der Waals surface area (Å²) in [6.45, 7) is 7.40. The Morgan fingerprint density at radius 1 is 1.28 bits per heavy atom. The molecule has 1 aromatic carbocycles. The molecule has 0 spiro atoms. The van der Waals surface area contributed by atoms with Crippen molar-refractivity contribution in [2.24, 2.45) is 7.05 Å². The Hall–Kier alpha value is -1.61. The molecule has 3 nitrogen and oxygen atoms in total. The molecule has 1 unspecified atom stereocenters. The van der Waals surface area contributed by atoms with Crippen molar-refractivity contribution >= 4 is 0 Å². The fourth-order valence-electron chi connectivity index (χ4n) is 2.16. The van der Waals surface area contributed by atoms with Crippen LogP contribution in [-0.2, 0) is 7.05 Å². The predicted octanol–water partition coefficient (Wildman–Crippen LogP) is 3.07. The molecule has 0 saturated carbocycles. The Kier molecular flexibility index (Phi) is 3.82. The lowest BCUT2D eigenvalue weighted by atomic mass is 10.0. The summed E-state index contributed by atoms with van der Waals surface area (Å²) in [5.41, 5.74) is 4.96. The van der Waals surface area contributed by atoms with E-state index in [1.807, 2.05) is 17.9 Å². The van der Waals surface area contributed by atoms with E-state index < -0.39 is 0 Å². The molecule has 1 heterocycles. The van der Waals surface area contributed by atoms with Crippen LogP contribution in [0.15, 0.2) is 30.5 Å². The molecule has 0 bridgehead atoms. The van der Waals surface area contributed by atoms with Crippen LogP contribution in [0, 0.1) is 6.92 Å². The quantitative estimate of drug-likeness (QED) is 0.894.